The maximum atomic E-state index is 10.0. The topological polar surface area (TPSA) is 50.7 Å². The number of fused-ring (bicyclic) bond motifs is 1. The minimum atomic E-state index is -0.631. The lowest BCUT2D eigenvalue weighted by molar-refractivity contribution is 0.148. The van der Waals surface area contributed by atoms with Crippen LogP contribution in [-0.2, 0) is 6.42 Å². The van der Waals surface area contributed by atoms with E-state index in [4.69, 9.17) is 4.42 Å². The van der Waals surface area contributed by atoms with E-state index >= 15 is 0 Å². The van der Waals surface area contributed by atoms with E-state index in [1.807, 2.05) is 35.2 Å². The van der Waals surface area contributed by atoms with Crippen LogP contribution in [0.15, 0.2) is 34.3 Å². The Bertz CT molecular complexity index is 609. The first-order chi connectivity index (χ1) is 8.22. The second-order valence-electron chi connectivity index (χ2n) is 3.99. The van der Waals surface area contributed by atoms with Crippen LogP contribution in [0, 0.1) is 6.92 Å². The van der Waals surface area contributed by atoms with Crippen molar-refractivity contribution >= 4 is 16.3 Å². The molecule has 0 aromatic carbocycles. The van der Waals surface area contributed by atoms with Gasteiger partial charge in [0.05, 0.1) is 5.69 Å². The Morgan fingerprint density at radius 2 is 2.41 bits per heavy atom. The highest BCUT2D eigenvalue weighted by atomic mass is 32.1. The zero-order chi connectivity index (χ0) is 11.8. The van der Waals surface area contributed by atoms with Crippen molar-refractivity contribution in [3.8, 4) is 0 Å². The van der Waals surface area contributed by atoms with Gasteiger partial charge in [-0.2, -0.15) is 0 Å². The molecular formula is C12H12N2O2S. The molecule has 5 heteroatoms. The molecule has 0 aliphatic carbocycles. The largest absolute Gasteiger partial charge is 0.464 e. The number of imidazole rings is 1. The summed E-state index contributed by atoms with van der Waals surface area (Å²) in [5, 5.41) is 12.0. The van der Waals surface area contributed by atoms with E-state index in [-0.39, 0.29) is 0 Å². The van der Waals surface area contributed by atoms with Gasteiger partial charge >= 0.3 is 0 Å². The zero-order valence-electron chi connectivity index (χ0n) is 9.33. The lowest BCUT2D eigenvalue weighted by Crippen LogP contribution is -2.00. The van der Waals surface area contributed by atoms with Gasteiger partial charge in [0.2, 0.25) is 0 Å². The number of hydrogen-bond donors (Lipinski definition) is 1. The first-order valence-corrected chi connectivity index (χ1v) is 6.26. The number of aromatic nitrogens is 2. The predicted molar refractivity (Wildman–Crippen MR) is 65.2 cm³/mol. The summed E-state index contributed by atoms with van der Waals surface area (Å²) in [6, 6.07) is 3.66. The molecule has 0 amide bonds. The van der Waals surface area contributed by atoms with Crippen LogP contribution in [0.1, 0.15) is 23.3 Å². The molecule has 88 valence electrons. The molecule has 1 N–H and O–H groups in total. The Labute approximate surface area is 102 Å². The molecule has 17 heavy (non-hydrogen) atoms. The van der Waals surface area contributed by atoms with Gasteiger partial charge in [-0.1, -0.05) is 0 Å². The quantitative estimate of drug-likeness (QED) is 0.775. The monoisotopic (exact) mass is 248 g/mol. The predicted octanol–water partition coefficient (Wildman–Crippen LogP) is 2.57. The summed E-state index contributed by atoms with van der Waals surface area (Å²) in [5.41, 5.74) is 0.874. The van der Waals surface area contributed by atoms with Gasteiger partial charge in [0.1, 0.15) is 17.6 Å². The molecule has 1 unspecified atom stereocenters. The van der Waals surface area contributed by atoms with Crippen molar-refractivity contribution in [2.45, 2.75) is 19.4 Å². The van der Waals surface area contributed by atoms with Crippen molar-refractivity contribution in [2.24, 2.45) is 0 Å². The summed E-state index contributed by atoms with van der Waals surface area (Å²) in [4.78, 5) is 5.37. The molecule has 3 rings (SSSR count). The number of hydrogen-bond acceptors (Lipinski definition) is 4. The number of aliphatic hydroxyl groups is 1. The van der Waals surface area contributed by atoms with Crippen LogP contribution in [0.4, 0.5) is 0 Å². The van der Waals surface area contributed by atoms with Crippen LogP contribution < -0.4 is 0 Å². The van der Waals surface area contributed by atoms with Gasteiger partial charge in [-0.15, -0.1) is 11.3 Å². The third-order valence-electron chi connectivity index (χ3n) is 2.64. The van der Waals surface area contributed by atoms with Crippen molar-refractivity contribution in [1.82, 2.24) is 9.38 Å². The van der Waals surface area contributed by atoms with Gasteiger partial charge in [-0.3, -0.25) is 4.40 Å². The van der Waals surface area contributed by atoms with Crippen molar-refractivity contribution < 1.29 is 9.52 Å². The maximum Gasteiger partial charge on any atom is 0.193 e. The third kappa shape index (κ3) is 1.99. The van der Waals surface area contributed by atoms with Crippen LogP contribution in [0.25, 0.3) is 4.96 Å². The van der Waals surface area contributed by atoms with Crippen LogP contribution in [0.3, 0.4) is 0 Å². The maximum absolute atomic E-state index is 10.0. The molecule has 3 aromatic rings. The number of nitrogens with zero attached hydrogens (tertiary/aromatic N) is 2. The van der Waals surface area contributed by atoms with Crippen LogP contribution in [-0.4, -0.2) is 14.5 Å². The average Bonchev–Trinajstić information content (AvgIpc) is 2.92. The molecule has 0 radical (unpaired) electrons. The van der Waals surface area contributed by atoms with Crippen LogP contribution in [0.2, 0.25) is 0 Å². The Morgan fingerprint density at radius 1 is 1.53 bits per heavy atom. The summed E-state index contributed by atoms with van der Waals surface area (Å²) in [6.45, 7) is 1.86. The Balaban J connectivity index is 1.80. The van der Waals surface area contributed by atoms with Gasteiger partial charge in [0, 0.05) is 24.2 Å². The third-order valence-corrected chi connectivity index (χ3v) is 3.41. The van der Waals surface area contributed by atoms with E-state index in [9.17, 15) is 5.11 Å². The average molecular weight is 248 g/mol. The molecule has 0 spiro atoms. The SMILES string of the molecule is Cc1ccc(C(O)Cc2cn3ccsc3n2)o1. The summed E-state index contributed by atoms with van der Waals surface area (Å²) < 4.78 is 7.35. The normalized spacial score (nSPS) is 13.3. The highest BCUT2D eigenvalue weighted by molar-refractivity contribution is 7.15. The minimum Gasteiger partial charge on any atom is -0.464 e. The molecule has 3 heterocycles. The fourth-order valence-electron chi connectivity index (χ4n) is 1.81. The highest BCUT2D eigenvalue weighted by Crippen LogP contribution is 2.21. The highest BCUT2D eigenvalue weighted by Gasteiger charge is 2.14. The number of aryl methyl sites for hydroxylation is 1. The van der Waals surface area contributed by atoms with Gasteiger partial charge < -0.3 is 9.52 Å². The van der Waals surface area contributed by atoms with Gasteiger partial charge in [0.25, 0.3) is 0 Å². The molecule has 1 atom stereocenters. The lowest BCUT2D eigenvalue weighted by Gasteiger charge is -2.04. The minimum absolute atomic E-state index is 0.474. The van der Waals surface area contributed by atoms with Crippen molar-refractivity contribution in [3.63, 3.8) is 0 Å². The molecule has 0 fully saturated rings. The molecule has 0 aliphatic heterocycles. The first kappa shape index (κ1) is 10.6. The van der Waals surface area contributed by atoms with E-state index in [1.165, 1.54) is 0 Å². The Kier molecular flexibility index (Phi) is 2.49. The van der Waals surface area contributed by atoms with E-state index < -0.39 is 6.10 Å². The van der Waals surface area contributed by atoms with E-state index in [2.05, 4.69) is 4.98 Å². The number of aliphatic hydroxyl groups excluding tert-OH is 1. The first-order valence-electron chi connectivity index (χ1n) is 5.38. The van der Waals surface area contributed by atoms with Gasteiger partial charge in [-0.05, 0) is 19.1 Å². The van der Waals surface area contributed by atoms with Crippen LogP contribution in [0.5, 0.6) is 0 Å². The summed E-state index contributed by atoms with van der Waals surface area (Å²) in [6.07, 6.45) is 3.74. The fraction of sp³-hybridized carbons (Fsp3) is 0.250. The van der Waals surface area contributed by atoms with E-state index in [0.717, 1.165) is 16.4 Å². The van der Waals surface area contributed by atoms with Crippen molar-refractivity contribution in [3.05, 3.63) is 47.1 Å². The second kappa shape index (κ2) is 4.01. The summed E-state index contributed by atoms with van der Waals surface area (Å²) in [5.74, 6) is 1.41. The number of thiazole rings is 1. The molecule has 3 aromatic heterocycles. The second-order valence-corrected chi connectivity index (χ2v) is 4.87. The molecule has 0 saturated carbocycles. The summed E-state index contributed by atoms with van der Waals surface area (Å²) in [7, 11) is 0. The van der Waals surface area contributed by atoms with Crippen molar-refractivity contribution in [1.29, 1.82) is 0 Å². The van der Waals surface area contributed by atoms with Crippen LogP contribution >= 0.6 is 11.3 Å². The van der Waals surface area contributed by atoms with E-state index in [1.54, 1.807) is 17.4 Å². The van der Waals surface area contributed by atoms with Gasteiger partial charge in [0.15, 0.2) is 4.96 Å². The van der Waals surface area contributed by atoms with Gasteiger partial charge in [-0.25, -0.2) is 4.98 Å². The number of rotatable bonds is 3. The van der Waals surface area contributed by atoms with E-state index in [0.29, 0.717) is 12.2 Å². The molecule has 0 aliphatic rings. The van der Waals surface area contributed by atoms with Crippen molar-refractivity contribution in [2.75, 3.05) is 0 Å². The summed E-state index contributed by atoms with van der Waals surface area (Å²) >= 11 is 1.58. The number of furan rings is 1. The standard InChI is InChI=1S/C12H12N2O2S/c1-8-2-3-11(16-8)10(15)6-9-7-14-4-5-17-12(14)13-9/h2-5,7,10,15H,6H2,1H3. The lowest BCUT2D eigenvalue weighted by atomic mass is 10.1. The Hall–Kier alpha value is -1.59. The Morgan fingerprint density at radius 3 is 3.12 bits per heavy atom. The molecule has 0 bridgehead atoms. The fourth-order valence-corrected chi connectivity index (χ4v) is 2.52. The molecule has 4 nitrogen and oxygen atoms in total. The zero-order valence-corrected chi connectivity index (χ0v) is 10.1. The molecule has 0 saturated heterocycles. The molecular weight excluding hydrogens is 236 g/mol. The smallest absolute Gasteiger partial charge is 0.193 e.